The number of pyridine rings is 1. The van der Waals surface area contributed by atoms with E-state index in [4.69, 9.17) is 5.41 Å². The van der Waals surface area contributed by atoms with Crippen LogP contribution in [0, 0.1) is 5.41 Å². The molecule has 0 spiro atoms. The predicted molar refractivity (Wildman–Crippen MR) is 116 cm³/mol. The number of nitrogens with zero attached hydrogens (tertiary/aromatic N) is 1. The molecule has 0 atom stereocenters. The summed E-state index contributed by atoms with van der Waals surface area (Å²) in [7, 11) is 0. The lowest BCUT2D eigenvalue weighted by Crippen LogP contribution is -2.14. The van der Waals surface area contributed by atoms with Crippen LogP contribution in [0.1, 0.15) is 32.3 Å². The molecule has 0 fully saturated rings. The van der Waals surface area contributed by atoms with E-state index in [1.807, 2.05) is 30.5 Å². The van der Waals surface area contributed by atoms with Crippen molar-refractivity contribution in [2.75, 3.05) is 5.32 Å². The van der Waals surface area contributed by atoms with Gasteiger partial charge in [-0.3, -0.25) is 4.98 Å². The topological polar surface area (TPSA) is 60.8 Å². The fourth-order valence-electron chi connectivity index (χ4n) is 2.72. The van der Waals surface area contributed by atoms with Crippen LogP contribution in [0.15, 0.2) is 77.7 Å². The lowest BCUT2D eigenvalue weighted by atomic mass is 10.0. The average Bonchev–Trinajstić information content (AvgIpc) is 2.66. The van der Waals surface area contributed by atoms with Crippen LogP contribution in [-0.4, -0.2) is 10.7 Å². The van der Waals surface area contributed by atoms with Crippen LogP contribution in [0.5, 0.6) is 0 Å². The van der Waals surface area contributed by atoms with Crippen molar-refractivity contribution in [1.29, 1.82) is 5.41 Å². The fraction of sp³-hybridized carbons (Fsp3) is 0.182. The van der Waals surface area contributed by atoms with Gasteiger partial charge >= 0.3 is 0 Å². The van der Waals surface area contributed by atoms with Crippen LogP contribution < -0.4 is 10.0 Å². The van der Waals surface area contributed by atoms with Gasteiger partial charge in [0, 0.05) is 39.5 Å². The van der Waals surface area contributed by atoms with E-state index in [0.717, 1.165) is 27.2 Å². The standard InChI is InChI=1S/C22H24N4S/c1-15(2)17-7-9-19(10-8-17)27-26-22(13-16(3)23)25-21-6-4-5-18-14-24-12-11-20(18)21/h4-15,23,25-26H,1-3H3/b22-13+,23-16?. The molecule has 0 aliphatic carbocycles. The molecule has 0 aliphatic rings. The maximum Gasteiger partial charge on any atom is 0.115 e. The Hall–Kier alpha value is -2.79. The van der Waals surface area contributed by atoms with Crippen molar-refractivity contribution in [1.82, 2.24) is 9.71 Å². The highest BCUT2D eigenvalue weighted by molar-refractivity contribution is 7.97. The average molecular weight is 377 g/mol. The van der Waals surface area contributed by atoms with E-state index in [9.17, 15) is 0 Å². The summed E-state index contributed by atoms with van der Waals surface area (Å²) in [5.41, 5.74) is 2.78. The molecule has 5 heteroatoms. The van der Waals surface area contributed by atoms with Crippen molar-refractivity contribution in [3.8, 4) is 0 Å². The number of aromatic nitrogens is 1. The van der Waals surface area contributed by atoms with Gasteiger partial charge in [-0.25, -0.2) is 0 Å². The van der Waals surface area contributed by atoms with E-state index >= 15 is 0 Å². The minimum absolute atomic E-state index is 0.475. The smallest absolute Gasteiger partial charge is 0.115 e. The van der Waals surface area contributed by atoms with Gasteiger partial charge in [-0.1, -0.05) is 38.1 Å². The summed E-state index contributed by atoms with van der Waals surface area (Å²) < 4.78 is 3.34. The fourth-order valence-corrected chi connectivity index (χ4v) is 3.33. The van der Waals surface area contributed by atoms with Crippen LogP contribution >= 0.6 is 11.9 Å². The van der Waals surface area contributed by atoms with Gasteiger partial charge in [0.2, 0.25) is 0 Å². The van der Waals surface area contributed by atoms with Crippen molar-refractivity contribution in [2.45, 2.75) is 31.6 Å². The quantitative estimate of drug-likeness (QED) is 0.352. The zero-order chi connectivity index (χ0) is 19.2. The second-order valence-electron chi connectivity index (χ2n) is 6.70. The lowest BCUT2D eigenvalue weighted by Gasteiger charge is -2.15. The van der Waals surface area contributed by atoms with E-state index in [1.54, 1.807) is 19.2 Å². The second kappa shape index (κ2) is 8.73. The Labute approximate surface area is 164 Å². The highest BCUT2D eigenvalue weighted by Crippen LogP contribution is 2.25. The third kappa shape index (κ3) is 5.11. The number of benzene rings is 2. The number of allylic oxidation sites excluding steroid dienone is 1. The first kappa shape index (κ1) is 19.0. The molecule has 0 radical (unpaired) electrons. The number of anilines is 1. The lowest BCUT2D eigenvalue weighted by molar-refractivity contribution is 0.865. The Morgan fingerprint density at radius 3 is 2.59 bits per heavy atom. The largest absolute Gasteiger partial charge is 0.341 e. The molecule has 0 aliphatic heterocycles. The van der Waals surface area contributed by atoms with Crippen LogP contribution in [0.4, 0.5) is 5.69 Å². The number of nitrogens with one attached hydrogen (secondary N) is 3. The summed E-state index contributed by atoms with van der Waals surface area (Å²) in [4.78, 5) is 5.30. The van der Waals surface area contributed by atoms with Gasteiger partial charge in [-0.2, -0.15) is 0 Å². The molecule has 1 heterocycles. The van der Waals surface area contributed by atoms with E-state index in [2.05, 4.69) is 53.1 Å². The monoisotopic (exact) mass is 376 g/mol. The Kier molecular flexibility index (Phi) is 6.14. The molecule has 27 heavy (non-hydrogen) atoms. The first-order valence-electron chi connectivity index (χ1n) is 8.92. The number of hydrogen-bond acceptors (Lipinski definition) is 5. The van der Waals surface area contributed by atoms with E-state index < -0.39 is 0 Å². The molecule has 3 N–H and O–H groups in total. The molecule has 0 unspecified atom stereocenters. The maximum absolute atomic E-state index is 7.84. The van der Waals surface area contributed by atoms with Crippen molar-refractivity contribution < 1.29 is 0 Å². The minimum Gasteiger partial charge on any atom is -0.341 e. The molecule has 0 amide bonds. The SMILES string of the molecule is CC(=N)/C=C(/NSc1ccc(C(C)C)cc1)Nc1cccc2cnccc12. The highest BCUT2D eigenvalue weighted by Gasteiger charge is 2.05. The predicted octanol–water partition coefficient (Wildman–Crippen LogP) is 5.95. The third-order valence-electron chi connectivity index (χ3n) is 4.14. The third-order valence-corrected chi connectivity index (χ3v) is 4.97. The molecule has 2 aromatic carbocycles. The molecule has 0 saturated carbocycles. The zero-order valence-corrected chi connectivity index (χ0v) is 16.6. The van der Waals surface area contributed by atoms with Gasteiger partial charge in [-0.05, 0) is 60.7 Å². The summed E-state index contributed by atoms with van der Waals surface area (Å²) in [6.45, 7) is 6.15. The number of fused-ring (bicyclic) bond motifs is 1. The molecular formula is C22H24N4S. The Bertz CT molecular complexity index is 956. The molecular weight excluding hydrogens is 352 g/mol. The van der Waals surface area contributed by atoms with Crippen molar-refractivity contribution in [3.63, 3.8) is 0 Å². The van der Waals surface area contributed by atoms with Gasteiger partial charge in [0.05, 0.1) is 0 Å². The van der Waals surface area contributed by atoms with Gasteiger partial charge in [0.1, 0.15) is 5.82 Å². The van der Waals surface area contributed by atoms with E-state index in [1.165, 1.54) is 17.5 Å². The molecule has 3 rings (SSSR count). The first-order chi connectivity index (χ1) is 13.0. The van der Waals surface area contributed by atoms with Crippen LogP contribution in [0.2, 0.25) is 0 Å². The van der Waals surface area contributed by atoms with Gasteiger partial charge in [-0.15, -0.1) is 0 Å². The number of rotatable bonds is 7. The zero-order valence-electron chi connectivity index (χ0n) is 15.8. The normalized spacial score (nSPS) is 11.6. The summed E-state index contributed by atoms with van der Waals surface area (Å²) in [6.07, 6.45) is 5.43. The molecule has 1 aromatic heterocycles. The summed E-state index contributed by atoms with van der Waals surface area (Å²) in [5.74, 6) is 1.29. The van der Waals surface area contributed by atoms with Gasteiger partial charge in [0.25, 0.3) is 0 Å². The molecule has 3 aromatic rings. The maximum atomic E-state index is 7.84. The van der Waals surface area contributed by atoms with Gasteiger partial charge < -0.3 is 15.4 Å². The Morgan fingerprint density at radius 2 is 1.89 bits per heavy atom. The summed E-state index contributed by atoms with van der Waals surface area (Å²) >= 11 is 1.53. The van der Waals surface area contributed by atoms with E-state index in [0.29, 0.717) is 11.6 Å². The van der Waals surface area contributed by atoms with Crippen molar-refractivity contribution in [2.24, 2.45) is 0 Å². The van der Waals surface area contributed by atoms with Crippen LogP contribution in [0.25, 0.3) is 10.8 Å². The molecule has 138 valence electrons. The molecule has 4 nitrogen and oxygen atoms in total. The van der Waals surface area contributed by atoms with Crippen molar-refractivity contribution >= 4 is 34.1 Å². The Balaban J connectivity index is 1.77. The second-order valence-corrected chi connectivity index (χ2v) is 7.58. The summed E-state index contributed by atoms with van der Waals surface area (Å²) in [6, 6.07) is 16.6. The molecule has 0 saturated heterocycles. The van der Waals surface area contributed by atoms with Crippen LogP contribution in [0.3, 0.4) is 0 Å². The highest BCUT2D eigenvalue weighted by atomic mass is 32.2. The number of hydrogen-bond donors (Lipinski definition) is 3. The summed E-state index contributed by atoms with van der Waals surface area (Å²) in [5, 5.41) is 13.4. The van der Waals surface area contributed by atoms with Crippen LogP contribution in [-0.2, 0) is 0 Å². The first-order valence-corrected chi connectivity index (χ1v) is 9.74. The van der Waals surface area contributed by atoms with Gasteiger partial charge in [0.15, 0.2) is 0 Å². The minimum atomic E-state index is 0.475. The molecule has 0 bridgehead atoms. The van der Waals surface area contributed by atoms with E-state index in [-0.39, 0.29) is 0 Å². The van der Waals surface area contributed by atoms with Crippen molar-refractivity contribution in [3.05, 3.63) is 78.4 Å². The Morgan fingerprint density at radius 1 is 1.11 bits per heavy atom.